The summed E-state index contributed by atoms with van der Waals surface area (Å²) in [5, 5.41) is 19.5. The van der Waals surface area contributed by atoms with Crippen molar-refractivity contribution in [2.24, 2.45) is 29.6 Å². The summed E-state index contributed by atoms with van der Waals surface area (Å²) in [6.45, 7) is 6.18. The van der Waals surface area contributed by atoms with E-state index in [4.69, 9.17) is 0 Å². The fourth-order valence-electron chi connectivity index (χ4n) is 9.33. The van der Waals surface area contributed by atoms with Crippen molar-refractivity contribution in [1.82, 2.24) is 30.7 Å². The van der Waals surface area contributed by atoms with Gasteiger partial charge in [-0.25, -0.2) is 4.79 Å². The summed E-state index contributed by atoms with van der Waals surface area (Å²) in [4.78, 5) is 74.8. The molecule has 0 radical (unpaired) electrons. The van der Waals surface area contributed by atoms with Crippen LogP contribution in [0.2, 0.25) is 0 Å². The normalized spacial score (nSPS) is 24.7. The van der Waals surface area contributed by atoms with Crippen molar-refractivity contribution >= 4 is 40.5 Å². The molecule has 8 atom stereocenters. The van der Waals surface area contributed by atoms with Crippen LogP contribution in [0, 0.1) is 29.6 Å². The fraction of sp³-hybridized carbons (Fsp3) is 0.500. The van der Waals surface area contributed by atoms with Gasteiger partial charge >= 0.3 is 5.97 Å². The maximum atomic E-state index is 14.3. The maximum absolute atomic E-state index is 14.3. The Bertz CT molecular complexity index is 1870. The van der Waals surface area contributed by atoms with Crippen LogP contribution in [-0.2, 0) is 36.8 Å². The van der Waals surface area contributed by atoms with E-state index in [1.807, 2.05) is 68.4 Å². The number of carbonyl (C=O) groups is 5. The summed E-state index contributed by atoms with van der Waals surface area (Å²) in [5.74, 6) is -0.387. The number of H-pyrrole nitrogens is 1. The van der Waals surface area contributed by atoms with Crippen LogP contribution in [0.3, 0.4) is 0 Å². The fourth-order valence-corrected chi connectivity index (χ4v) is 9.33. The van der Waals surface area contributed by atoms with E-state index in [2.05, 4.69) is 38.0 Å². The van der Waals surface area contributed by atoms with Crippen molar-refractivity contribution in [2.45, 2.75) is 76.5 Å². The average Bonchev–Trinajstić information content (AvgIpc) is 3.99. The number of fused-ring (bicyclic) bond motifs is 6. The molecule has 2 aliphatic heterocycles. The lowest BCUT2D eigenvalue weighted by Gasteiger charge is -2.31. The largest absolute Gasteiger partial charge is 0.480 e. The number of aliphatic carboxylic acids is 1. The van der Waals surface area contributed by atoms with E-state index in [0.29, 0.717) is 43.1 Å². The third-order valence-electron chi connectivity index (χ3n) is 11.9. The zero-order valence-electron chi connectivity index (χ0n) is 31.1. The Morgan fingerprint density at radius 3 is 2.26 bits per heavy atom. The molecule has 54 heavy (non-hydrogen) atoms. The minimum absolute atomic E-state index is 0.00586. The number of aromatic amines is 1. The lowest BCUT2D eigenvalue weighted by molar-refractivity contribution is -0.143. The molecule has 0 spiro atoms. The number of likely N-dealkylation sites (tertiary alicyclic amines) is 2. The third kappa shape index (κ3) is 8.23. The number of carboxylic acid groups (broad SMARTS) is 1. The number of hydrogen-bond donors (Lipinski definition) is 5. The van der Waals surface area contributed by atoms with Gasteiger partial charge in [0.25, 0.3) is 0 Å². The molecule has 4 aliphatic rings. The number of rotatable bonds is 15. The van der Waals surface area contributed by atoms with Gasteiger partial charge in [-0.2, -0.15) is 0 Å². The topological polar surface area (TPSA) is 164 Å². The van der Waals surface area contributed by atoms with Gasteiger partial charge in [0, 0.05) is 49.6 Å². The molecule has 3 heterocycles. The number of hydrogen-bond acceptors (Lipinski definition) is 6. The summed E-state index contributed by atoms with van der Waals surface area (Å²) >= 11 is 0. The molecule has 7 rings (SSSR count). The molecule has 1 saturated carbocycles. The average molecular weight is 737 g/mol. The van der Waals surface area contributed by atoms with Gasteiger partial charge < -0.3 is 30.9 Å². The highest BCUT2D eigenvalue weighted by atomic mass is 16.4. The van der Waals surface area contributed by atoms with Gasteiger partial charge in [-0.05, 0) is 72.5 Å². The molecule has 2 saturated heterocycles. The van der Waals surface area contributed by atoms with E-state index in [9.17, 15) is 29.1 Å². The second kappa shape index (κ2) is 16.2. The molecule has 3 fully saturated rings. The monoisotopic (exact) mass is 736 g/mol. The van der Waals surface area contributed by atoms with E-state index in [-0.39, 0.29) is 43.5 Å². The summed E-state index contributed by atoms with van der Waals surface area (Å²) in [7, 11) is 0. The molecule has 12 heteroatoms. The first-order chi connectivity index (χ1) is 26.0. The molecule has 286 valence electrons. The van der Waals surface area contributed by atoms with Gasteiger partial charge in [-0.1, -0.05) is 74.5 Å². The maximum Gasteiger partial charge on any atom is 0.326 e. The highest BCUT2D eigenvalue weighted by molar-refractivity contribution is 5.96. The standard InChI is InChI=1S/C42H52N6O6/c1-25(2)17-34(39(50)46-36(42(53)54)20-29-21-43-33-12-7-6-11-30(29)33)45-40(51)37-13-8-16-48(37)41(52)35(18-26-9-4-3-5-10-26)44-38(49)24-47-22-31-27-14-15-28(19-27)32(31)23-47/h3-7,9-12,14-15,21,25,27-28,31-32,34-37,43H,8,13,16-20,22-24H2,1-2H3,(H,44,49)(H,45,51)(H,46,50)(H,53,54)/t27?,28?,31?,32?,34-,35-,36-,37-/m0/s1. The van der Waals surface area contributed by atoms with Crippen molar-refractivity contribution in [3.8, 4) is 0 Å². The van der Waals surface area contributed by atoms with Crippen molar-refractivity contribution in [2.75, 3.05) is 26.2 Å². The zero-order valence-corrected chi connectivity index (χ0v) is 31.1. The highest BCUT2D eigenvalue weighted by Crippen LogP contribution is 2.51. The second-order valence-electron chi connectivity index (χ2n) is 16.1. The first-order valence-electron chi connectivity index (χ1n) is 19.5. The molecule has 12 nitrogen and oxygen atoms in total. The molecular formula is C42H52N6O6. The van der Waals surface area contributed by atoms with Crippen molar-refractivity contribution in [3.05, 3.63) is 84.1 Å². The number of nitrogens with one attached hydrogen (secondary N) is 4. The number of aromatic nitrogens is 1. The number of para-hydroxylation sites is 1. The third-order valence-corrected chi connectivity index (χ3v) is 11.9. The SMILES string of the molecule is CC(C)C[C@H](NC(=O)[C@@H]1CCCN1C(=O)[C@H](Cc1ccccc1)NC(=O)CN1CC2C3C=CC(C3)C2C1)C(=O)N[C@@H](Cc1c[nH]c2ccccc12)C(=O)O. The van der Waals surface area contributed by atoms with Gasteiger partial charge in [0.2, 0.25) is 23.6 Å². The van der Waals surface area contributed by atoms with E-state index in [1.165, 1.54) is 11.3 Å². The van der Waals surface area contributed by atoms with Crippen LogP contribution in [0.25, 0.3) is 10.9 Å². The minimum atomic E-state index is -1.22. The van der Waals surface area contributed by atoms with Crippen LogP contribution in [0.1, 0.15) is 50.7 Å². The van der Waals surface area contributed by atoms with Crippen molar-refractivity contribution < 1.29 is 29.1 Å². The first kappa shape index (κ1) is 37.3. The van der Waals surface area contributed by atoms with Gasteiger partial charge in [-0.3, -0.25) is 24.1 Å². The highest BCUT2D eigenvalue weighted by Gasteiger charge is 2.49. The molecule has 4 unspecified atom stereocenters. The Morgan fingerprint density at radius 1 is 0.852 bits per heavy atom. The molecule has 2 bridgehead atoms. The molecule has 4 amide bonds. The number of benzene rings is 2. The Hall–Kier alpha value is -4.97. The zero-order chi connectivity index (χ0) is 37.9. The smallest absolute Gasteiger partial charge is 0.326 e. The van der Waals surface area contributed by atoms with Crippen LogP contribution in [0.15, 0.2) is 72.9 Å². The first-order valence-corrected chi connectivity index (χ1v) is 19.5. The molecule has 5 N–H and O–H groups in total. The van der Waals surface area contributed by atoms with Crippen molar-refractivity contribution in [1.29, 1.82) is 0 Å². The number of allylic oxidation sites excluding steroid dienone is 2. The number of amides is 4. The molecule has 1 aromatic heterocycles. The van der Waals surface area contributed by atoms with Crippen LogP contribution >= 0.6 is 0 Å². The van der Waals surface area contributed by atoms with Gasteiger partial charge in [0.15, 0.2) is 0 Å². The van der Waals surface area contributed by atoms with Crippen LogP contribution in [0.4, 0.5) is 0 Å². The quantitative estimate of drug-likeness (QED) is 0.150. The predicted octanol–water partition coefficient (Wildman–Crippen LogP) is 3.28. The van der Waals surface area contributed by atoms with Crippen LogP contribution in [-0.4, -0.2) is 99.8 Å². The van der Waals surface area contributed by atoms with Crippen LogP contribution < -0.4 is 16.0 Å². The minimum Gasteiger partial charge on any atom is -0.480 e. The summed E-state index contributed by atoms with van der Waals surface area (Å²) in [5.41, 5.74) is 2.52. The summed E-state index contributed by atoms with van der Waals surface area (Å²) in [6.07, 6.45) is 9.26. The van der Waals surface area contributed by atoms with E-state index >= 15 is 0 Å². The Labute approximate surface area is 316 Å². The number of nitrogens with zero attached hydrogens (tertiary/aromatic N) is 2. The lowest BCUT2D eigenvalue weighted by Crippen LogP contribution is -2.58. The molecular weight excluding hydrogens is 684 g/mol. The lowest BCUT2D eigenvalue weighted by atomic mass is 9.86. The van der Waals surface area contributed by atoms with E-state index in [0.717, 1.165) is 35.1 Å². The van der Waals surface area contributed by atoms with Gasteiger partial charge in [-0.15, -0.1) is 0 Å². The van der Waals surface area contributed by atoms with Crippen LogP contribution in [0.5, 0.6) is 0 Å². The predicted molar refractivity (Wildman–Crippen MR) is 204 cm³/mol. The Morgan fingerprint density at radius 2 is 1.56 bits per heavy atom. The van der Waals surface area contributed by atoms with E-state index < -0.39 is 42.0 Å². The Kier molecular flexibility index (Phi) is 11.2. The van der Waals surface area contributed by atoms with Crippen molar-refractivity contribution in [3.63, 3.8) is 0 Å². The molecule has 2 aliphatic carbocycles. The molecule has 3 aromatic rings. The molecule has 2 aromatic carbocycles. The number of carbonyl (C=O) groups excluding carboxylic acids is 4. The van der Waals surface area contributed by atoms with Gasteiger partial charge in [0.1, 0.15) is 24.2 Å². The van der Waals surface area contributed by atoms with E-state index in [1.54, 1.807) is 6.20 Å². The second-order valence-corrected chi connectivity index (χ2v) is 16.1. The number of carboxylic acids is 1. The summed E-state index contributed by atoms with van der Waals surface area (Å²) < 4.78 is 0. The van der Waals surface area contributed by atoms with Gasteiger partial charge in [0.05, 0.1) is 6.54 Å². The Balaban J connectivity index is 1.01. The summed E-state index contributed by atoms with van der Waals surface area (Å²) in [6, 6.07) is 13.1.